The fourth-order valence-corrected chi connectivity index (χ4v) is 2.21. The Bertz CT molecular complexity index is 436. The van der Waals surface area contributed by atoms with Crippen LogP contribution in [0.2, 0.25) is 0 Å². The normalized spacial score (nSPS) is 10.6. The Kier molecular flexibility index (Phi) is 8.43. The van der Waals surface area contributed by atoms with Crippen LogP contribution in [0.4, 0.5) is 11.4 Å². The highest BCUT2D eigenvalue weighted by Crippen LogP contribution is 2.25. The summed E-state index contributed by atoms with van der Waals surface area (Å²) >= 11 is 0. The van der Waals surface area contributed by atoms with E-state index in [2.05, 4.69) is 12.2 Å². The Morgan fingerprint density at radius 2 is 1.90 bits per heavy atom. The standard InChI is InChI=1S/C16H26N2O3/c1-3-4-5-6-7-8-11-21-13-14-9-10-16(18(19)20)15(12-14)17-2/h9-10,12,17H,3-8,11,13H2,1-2H3. The first-order valence-electron chi connectivity index (χ1n) is 7.71. The van der Waals surface area contributed by atoms with Crippen LogP contribution in [-0.4, -0.2) is 18.6 Å². The lowest BCUT2D eigenvalue weighted by atomic mass is 10.1. The number of hydrogen-bond acceptors (Lipinski definition) is 4. The van der Waals surface area contributed by atoms with Gasteiger partial charge >= 0.3 is 0 Å². The van der Waals surface area contributed by atoms with Gasteiger partial charge in [-0.2, -0.15) is 0 Å². The lowest BCUT2D eigenvalue weighted by Gasteiger charge is -2.07. The van der Waals surface area contributed by atoms with Crippen LogP contribution >= 0.6 is 0 Å². The molecular formula is C16H26N2O3. The molecule has 118 valence electrons. The monoisotopic (exact) mass is 294 g/mol. The Hall–Kier alpha value is -1.62. The molecule has 0 fully saturated rings. The maximum Gasteiger partial charge on any atom is 0.292 e. The summed E-state index contributed by atoms with van der Waals surface area (Å²) in [4.78, 5) is 10.5. The lowest BCUT2D eigenvalue weighted by molar-refractivity contribution is -0.384. The second-order valence-corrected chi connectivity index (χ2v) is 5.18. The predicted molar refractivity (Wildman–Crippen MR) is 85.7 cm³/mol. The third-order valence-corrected chi connectivity index (χ3v) is 3.44. The van der Waals surface area contributed by atoms with Crippen molar-refractivity contribution in [2.45, 2.75) is 52.1 Å². The number of nitrogens with zero attached hydrogens (tertiary/aromatic N) is 1. The van der Waals surface area contributed by atoms with E-state index in [9.17, 15) is 10.1 Å². The molecule has 1 aromatic carbocycles. The molecule has 0 bridgehead atoms. The molecule has 0 aliphatic heterocycles. The average molecular weight is 294 g/mol. The minimum Gasteiger partial charge on any atom is -0.383 e. The third kappa shape index (κ3) is 6.58. The summed E-state index contributed by atoms with van der Waals surface area (Å²) in [6.45, 7) is 3.46. The molecule has 1 aromatic rings. The Morgan fingerprint density at radius 1 is 1.19 bits per heavy atom. The molecule has 0 aliphatic rings. The molecule has 0 unspecified atom stereocenters. The molecule has 0 aromatic heterocycles. The molecule has 5 heteroatoms. The maximum atomic E-state index is 10.8. The summed E-state index contributed by atoms with van der Waals surface area (Å²) < 4.78 is 5.63. The van der Waals surface area contributed by atoms with Gasteiger partial charge in [0.05, 0.1) is 11.5 Å². The van der Waals surface area contributed by atoms with Crippen LogP contribution in [0.1, 0.15) is 51.0 Å². The van der Waals surface area contributed by atoms with Crippen molar-refractivity contribution in [2.75, 3.05) is 19.0 Å². The van der Waals surface area contributed by atoms with Crippen molar-refractivity contribution < 1.29 is 9.66 Å². The molecule has 0 saturated carbocycles. The molecule has 0 heterocycles. The Balaban J connectivity index is 2.28. The molecule has 0 saturated heterocycles. The molecule has 0 spiro atoms. The largest absolute Gasteiger partial charge is 0.383 e. The van der Waals surface area contributed by atoms with E-state index in [1.54, 1.807) is 19.2 Å². The molecule has 5 nitrogen and oxygen atoms in total. The number of ether oxygens (including phenoxy) is 1. The average Bonchev–Trinajstić information content (AvgIpc) is 2.49. The van der Waals surface area contributed by atoms with Crippen LogP contribution in [0.15, 0.2) is 18.2 Å². The van der Waals surface area contributed by atoms with Crippen LogP contribution in [0.25, 0.3) is 0 Å². The Labute approximate surface area is 126 Å². The predicted octanol–water partition coefficient (Wildman–Crippen LogP) is 4.51. The molecule has 0 radical (unpaired) electrons. The molecule has 0 aliphatic carbocycles. The van der Waals surface area contributed by atoms with Crippen molar-refractivity contribution >= 4 is 11.4 Å². The van der Waals surface area contributed by atoms with Gasteiger partial charge in [-0.1, -0.05) is 39.0 Å². The number of unbranched alkanes of at least 4 members (excludes halogenated alkanes) is 5. The van der Waals surface area contributed by atoms with E-state index >= 15 is 0 Å². The van der Waals surface area contributed by atoms with Crippen LogP contribution < -0.4 is 5.32 Å². The highest BCUT2D eigenvalue weighted by Gasteiger charge is 2.12. The first kappa shape index (κ1) is 17.4. The molecular weight excluding hydrogens is 268 g/mol. The fraction of sp³-hybridized carbons (Fsp3) is 0.625. The lowest BCUT2D eigenvalue weighted by Crippen LogP contribution is -2.00. The SMILES string of the molecule is CCCCCCCCOCc1ccc([N+](=O)[O-])c(NC)c1. The quantitative estimate of drug-likeness (QED) is 0.370. The van der Waals surface area contributed by atoms with Gasteiger partial charge in [0.15, 0.2) is 0 Å². The molecule has 1 N–H and O–H groups in total. The Morgan fingerprint density at radius 3 is 2.57 bits per heavy atom. The minimum atomic E-state index is -0.382. The number of nitro benzene ring substituents is 1. The summed E-state index contributed by atoms with van der Waals surface area (Å²) in [5.41, 5.74) is 1.58. The zero-order valence-corrected chi connectivity index (χ0v) is 13.1. The molecule has 0 atom stereocenters. The highest BCUT2D eigenvalue weighted by atomic mass is 16.6. The number of nitro groups is 1. The number of rotatable bonds is 11. The van der Waals surface area contributed by atoms with Gasteiger partial charge in [-0.3, -0.25) is 10.1 Å². The van der Waals surface area contributed by atoms with E-state index < -0.39 is 0 Å². The van der Waals surface area contributed by atoms with Gasteiger partial charge in [0.1, 0.15) is 5.69 Å². The van der Waals surface area contributed by atoms with E-state index in [-0.39, 0.29) is 10.6 Å². The van der Waals surface area contributed by atoms with Gasteiger partial charge in [-0.05, 0) is 24.1 Å². The number of nitrogens with one attached hydrogen (secondary N) is 1. The van der Waals surface area contributed by atoms with E-state index in [1.807, 2.05) is 0 Å². The maximum absolute atomic E-state index is 10.8. The van der Waals surface area contributed by atoms with E-state index in [0.29, 0.717) is 12.3 Å². The second-order valence-electron chi connectivity index (χ2n) is 5.18. The van der Waals surface area contributed by atoms with Gasteiger partial charge in [0, 0.05) is 19.7 Å². The molecule has 0 amide bonds. The van der Waals surface area contributed by atoms with Crippen molar-refractivity contribution in [2.24, 2.45) is 0 Å². The van der Waals surface area contributed by atoms with Crippen molar-refractivity contribution in [3.63, 3.8) is 0 Å². The summed E-state index contributed by atoms with van der Waals surface area (Å²) in [7, 11) is 1.68. The van der Waals surface area contributed by atoms with E-state index in [0.717, 1.165) is 18.6 Å². The van der Waals surface area contributed by atoms with Gasteiger partial charge in [-0.15, -0.1) is 0 Å². The zero-order valence-electron chi connectivity index (χ0n) is 13.1. The highest BCUT2D eigenvalue weighted by molar-refractivity contribution is 5.62. The number of hydrogen-bond donors (Lipinski definition) is 1. The summed E-state index contributed by atoms with van der Waals surface area (Å²) in [6.07, 6.45) is 7.46. The van der Waals surface area contributed by atoms with Crippen molar-refractivity contribution in [3.05, 3.63) is 33.9 Å². The molecule has 1 rings (SSSR count). The van der Waals surface area contributed by atoms with Crippen molar-refractivity contribution in [1.82, 2.24) is 0 Å². The first-order chi connectivity index (χ1) is 10.2. The van der Waals surface area contributed by atoms with Gasteiger partial charge in [0.2, 0.25) is 0 Å². The van der Waals surface area contributed by atoms with Gasteiger partial charge in [0.25, 0.3) is 5.69 Å². The van der Waals surface area contributed by atoms with Crippen molar-refractivity contribution in [3.8, 4) is 0 Å². The number of benzene rings is 1. The van der Waals surface area contributed by atoms with Crippen molar-refractivity contribution in [1.29, 1.82) is 0 Å². The summed E-state index contributed by atoms with van der Waals surface area (Å²) in [5, 5.41) is 13.7. The van der Waals surface area contributed by atoms with Crippen LogP contribution in [0.5, 0.6) is 0 Å². The zero-order chi connectivity index (χ0) is 15.5. The first-order valence-corrected chi connectivity index (χ1v) is 7.71. The summed E-state index contributed by atoms with van der Waals surface area (Å²) in [6, 6.07) is 5.05. The van der Waals surface area contributed by atoms with E-state index in [4.69, 9.17) is 4.74 Å². The van der Waals surface area contributed by atoms with Gasteiger partial charge < -0.3 is 10.1 Å². The van der Waals surface area contributed by atoms with Gasteiger partial charge in [-0.25, -0.2) is 0 Å². The topological polar surface area (TPSA) is 64.4 Å². The number of anilines is 1. The fourth-order valence-electron chi connectivity index (χ4n) is 2.21. The minimum absolute atomic E-state index is 0.0946. The third-order valence-electron chi connectivity index (χ3n) is 3.44. The van der Waals surface area contributed by atoms with Crippen LogP contribution in [-0.2, 0) is 11.3 Å². The summed E-state index contributed by atoms with van der Waals surface area (Å²) in [5.74, 6) is 0. The van der Waals surface area contributed by atoms with Crippen LogP contribution in [0, 0.1) is 10.1 Å². The second kappa shape index (κ2) is 10.2. The smallest absolute Gasteiger partial charge is 0.292 e. The molecule has 21 heavy (non-hydrogen) atoms. The van der Waals surface area contributed by atoms with Crippen LogP contribution in [0.3, 0.4) is 0 Å². The van der Waals surface area contributed by atoms with E-state index in [1.165, 1.54) is 38.2 Å².